The first-order valence-electron chi connectivity index (χ1n) is 14.3. The fourth-order valence-electron chi connectivity index (χ4n) is 9.88. The van der Waals surface area contributed by atoms with Crippen LogP contribution in [-0.2, 0) is 6.42 Å². The Morgan fingerprint density at radius 3 is 2.52 bits per heavy atom. The molecule has 0 amide bonds. The Hall–Kier alpha value is -1.05. The van der Waals surface area contributed by atoms with Crippen molar-refractivity contribution in [2.45, 2.75) is 111 Å². The minimum Gasteiger partial charge on any atom is -0.481 e. The molecule has 0 radical (unpaired) electrons. The fraction of sp³-hybridized carbons (Fsp3) is 0.839. The molecule has 0 saturated heterocycles. The summed E-state index contributed by atoms with van der Waals surface area (Å²) in [7, 11) is 1.74. The molecule has 0 bridgehead atoms. The molecule has 0 N–H and O–H groups in total. The number of aromatic nitrogens is 1. The van der Waals surface area contributed by atoms with E-state index in [0.717, 1.165) is 41.4 Å². The lowest BCUT2D eigenvalue weighted by Gasteiger charge is -2.61. The van der Waals surface area contributed by atoms with Crippen molar-refractivity contribution >= 4 is 0 Å². The van der Waals surface area contributed by atoms with Gasteiger partial charge in [-0.05, 0) is 115 Å². The number of ether oxygens (including phenoxy) is 1. The van der Waals surface area contributed by atoms with Gasteiger partial charge in [0.1, 0.15) is 0 Å². The molecule has 1 heterocycles. The van der Waals surface area contributed by atoms with Crippen LogP contribution in [0, 0.1) is 46.3 Å². The third kappa shape index (κ3) is 3.86. The molecule has 3 saturated carbocycles. The van der Waals surface area contributed by atoms with Crippen molar-refractivity contribution in [1.82, 2.24) is 4.98 Å². The van der Waals surface area contributed by atoms with Crippen molar-refractivity contribution in [1.29, 1.82) is 0 Å². The molecule has 1 aromatic heterocycles. The van der Waals surface area contributed by atoms with Gasteiger partial charge in [-0.25, -0.2) is 4.98 Å². The lowest BCUT2D eigenvalue weighted by atomic mass is 9.44. The molecule has 0 spiro atoms. The minimum atomic E-state index is 0.467. The Morgan fingerprint density at radius 1 is 0.970 bits per heavy atom. The van der Waals surface area contributed by atoms with E-state index in [0.29, 0.717) is 16.7 Å². The van der Waals surface area contributed by atoms with Crippen molar-refractivity contribution < 1.29 is 4.74 Å². The van der Waals surface area contributed by atoms with E-state index >= 15 is 0 Å². The molecule has 2 nitrogen and oxygen atoms in total. The zero-order valence-corrected chi connectivity index (χ0v) is 22.3. The first kappa shape index (κ1) is 23.7. The highest BCUT2D eigenvalue weighted by atomic mass is 16.5. The summed E-state index contributed by atoms with van der Waals surface area (Å²) in [5.74, 6) is 7.07. The number of hydrogen-bond acceptors (Lipinski definition) is 2. The van der Waals surface area contributed by atoms with Gasteiger partial charge in [0, 0.05) is 12.3 Å². The van der Waals surface area contributed by atoms with Crippen LogP contribution in [0.2, 0.25) is 0 Å². The van der Waals surface area contributed by atoms with E-state index in [1.807, 2.05) is 0 Å². The van der Waals surface area contributed by atoms with Gasteiger partial charge in [-0.1, -0.05) is 53.9 Å². The van der Waals surface area contributed by atoms with Gasteiger partial charge in [-0.3, -0.25) is 0 Å². The van der Waals surface area contributed by atoms with Gasteiger partial charge in [0.15, 0.2) is 0 Å². The van der Waals surface area contributed by atoms with Crippen LogP contribution in [0.25, 0.3) is 0 Å². The van der Waals surface area contributed by atoms with Crippen LogP contribution >= 0.6 is 0 Å². The molecular weight excluding hydrogens is 402 g/mol. The lowest BCUT2D eigenvalue weighted by molar-refractivity contribution is -0.0897. The third-order valence-electron chi connectivity index (χ3n) is 11.6. The van der Waals surface area contributed by atoms with Crippen molar-refractivity contribution in [2.75, 3.05) is 7.11 Å². The minimum absolute atomic E-state index is 0.467. The predicted octanol–water partition coefficient (Wildman–Crippen LogP) is 8.44. The van der Waals surface area contributed by atoms with Crippen LogP contribution in [0.3, 0.4) is 0 Å². The van der Waals surface area contributed by atoms with Crippen molar-refractivity contribution in [3.05, 3.63) is 23.4 Å². The summed E-state index contributed by atoms with van der Waals surface area (Å²) >= 11 is 0. The maximum Gasteiger partial charge on any atom is 0.213 e. The Morgan fingerprint density at radius 2 is 1.76 bits per heavy atom. The molecule has 4 aliphatic carbocycles. The monoisotopic (exact) mass is 451 g/mol. The van der Waals surface area contributed by atoms with E-state index in [2.05, 4.69) is 51.9 Å². The smallest absolute Gasteiger partial charge is 0.213 e. The molecule has 8 atom stereocenters. The Balaban J connectivity index is 1.34. The number of hydrogen-bond donors (Lipinski definition) is 0. The quantitative estimate of drug-likeness (QED) is 0.433. The van der Waals surface area contributed by atoms with Gasteiger partial charge in [-0.15, -0.1) is 0 Å². The number of methoxy groups -OCH3 is 1. The average Bonchev–Trinajstić information content (AvgIpc) is 3.15. The normalized spacial score (nSPS) is 40.5. The maximum atomic E-state index is 5.44. The second kappa shape index (κ2) is 8.87. The second-order valence-corrected chi connectivity index (χ2v) is 13.5. The molecule has 1 aromatic rings. The zero-order chi connectivity index (χ0) is 23.4. The van der Waals surface area contributed by atoms with Crippen molar-refractivity contribution in [2.24, 2.45) is 46.3 Å². The van der Waals surface area contributed by atoms with Crippen LogP contribution in [0.1, 0.15) is 116 Å². The molecule has 8 unspecified atom stereocenters. The Labute approximate surface area is 203 Å². The SMILES string of the molecule is COc1cc2c(cn1)C1CCC3C(CCC4(C)C(C(C)CCCC(C)C)CCC34)C1(C)CC2. The fourth-order valence-corrected chi connectivity index (χ4v) is 9.88. The molecule has 2 heteroatoms. The van der Waals surface area contributed by atoms with Gasteiger partial charge >= 0.3 is 0 Å². The van der Waals surface area contributed by atoms with E-state index < -0.39 is 0 Å². The predicted molar refractivity (Wildman–Crippen MR) is 138 cm³/mol. The number of rotatable bonds is 6. The summed E-state index contributed by atoms with van der Waals surface area (Å²) in [4.78, 5) is 4.64. The second-order valence-electron chi connectivity index (χ2n) is 13.5. The van der Waals surface area contributed by atoms with Gasteiger partial charge in [0.25, 0.3) is 0 Å². The Bertz CT molecular complexity index is 847. The highest BCUT2D eigenvalue weighted by Gasteiger charge is 2.60. The van der Waals surface area contributed by atoms with E-state index in [4.69, 9.17) is 4.74 Å². The van der Waals surface area contributed by atoms with E-state index in [-0.39, 0.29) is 0 Å². The average molecular weight is 452 g/mol. The summed E-state index contributed by atoms with van der Waals surface area (Å²) < 4.78 is 5.44. The largest absolute Gasteiger partial charge is 0.481 e. The molecule has 5 rings (SSSR count). The highest BCUT2D eigenvalue weighted by Crippen LogP contribution is 2.69. The first-order chi connectivity index (χ1) is 15.8. The van der Waals surface area contributed by atoms with Gasteiger partial charge in [0.05, 0.1) is 7.11 Å². The van der Waals surface area contributed by atoms with Gasteiger partial charge in [0.2, 0.25) is 5.88 Å². The van der Waals surface area contributed by atoms with E-state index in [9.17, 15) is 0 Å². The molecule has 184 valence electrons. The number of pyridine rings is 1. The molecule has 4 aliphatic rings. The molecule has 0 aromatic carbocycles. The number of nitrogens with zero attached hydrogens (tertiary/aromatic N) is 1. The van der Waals surface area contributed by atoms with Crippen molar-refractivity contribution in [3.63, 3.8) is 0 Å². The summed E-state index contributed by atoms with van der Waals surface area (Å²) in [6.07, 6.45) is 17.8. The number of fused-ring (bicyclic) bond motifs is 7. The summed E-state index contributed by atoms with van der Waals surface area (Å²) in [6.45, 7) is 12.8. The first-order valence-corrected chi connectivity index (χ1v) is 14.3. The summed E-state index contributed by atoms with van der Waals surface area (Å²) in [5, 5.41) is 0. The summed E-state index contributed by atoms with van der Waals surface area (Å²) in [6, 6.07) is 2.22. The topological polar surface area (TPSA) is 22.1 Å². The van der Waals surface area contributed by atoms with E-state index in [1.54, 1.807) is 12.7 Å². The van der Waals surface area contributed by atoms with E-state index in [1.165, 1.54) is 76.2 Å². The maximum absolute atomic E-state index is 5.44. The lowest BCUT2D eigenvalue weighted by Crippen LogP contribution is -2.52. The standard InChI is InChI=1S/C31H49NO/c1-20(2)8-7-9-21(3)25-12-13-26-23-10-11-27-24-19-32-29(33-6)18-22(24)14-16-31(27,5)28(23)15-17-30(25,26)4/h18-21,23,25-28H,7-17H2,1-6H3. The number of aryl methyl sites for hydroxylation is 1. The van der Waals surface area contributed by atoms with Crippen LogP contribution in [0.15, 0.2) is 12.3 Å². The van der Waals surface area contributed by atoms with Crippen LogP contribution in [-0.4, -0.2) is 12.1 Å². The third-order valence-corrected chi connectivity index (χ3v) is 11.6. The highest BCUT2D eigenvalue weighted by molar-refractivity contribution is 5.37. The van der Waals surface area contributed by atoms with Crippen LogP contribution in [0.5, 0.6) is 5.88 Å². The van der Waals surface area contributed by atoms with Crippen molar-refractivity contribution in [3.8, 4) is 5.88 Å². The molecule has 3 fully saturated rings. The molecular formula is C31H49NO. The van der Waals surface area contributed by atoms with Crippen LogP contribution in [0.4, 0.5) is 0 Å². The molecule has 33 heavy (non-hydrogen) atoms. The Kier molecular flexibility index (Phi) is 6.36. The van der Waals surface area contributed by atoms with Gasteiger partial charge in [-0.2, -0.15) is 0 Å². The van der Waals surface area contributed by atoms with Crippen LogP contribution < -0.4 is 4.74 Å². The summed E-state index contributed by atoms with van der Waals surface area (Å²) in [5.41, 5.74) is 4.14. The van der Waals surface area contributed by atoms with Gasteiger partial charge < -0.3 is 4.74 Å². The zero-order valence-electron chi connectivity index (χ0n) is 22.3. The molecule has 0 aliphatic heterocycles.